The lowest BCUT2D eigenvalue weighted by Crippen LogP contribution is -2.38. The van der Waals surface area contributed by atoms with Crippen LogP contribution in [-0.4, -0.2) is 57.7 Å². The molecule has 1 rings (SSSR count). The highest BCUT2D eigenvalue weighted by Gasteiger charge is 2.25. The van der Waals surface area contributed by atoms with E-state index in [0.717, 1.165) is 0 Å². The van der Waals surface area contributed by atoms with Gasteiger partial charge in [-0.3, -0.25) is 4.79 Å². The maximum Gasteiger partial charge on any atom is 0.341 e. The number of nitrogens with zero attached hydrogens (tertiary/aromatic N) is 3. The number of carbonyl (C=O) groups is 2. The first-order valence-corrected chi connectivity index (χ1v) is 6.34. The third-order valence-corrected chi connectivity index (χ3v) is 3.03. The van der Waals surface area contributed by atoms with Crippen LogP contribution in [0.1, 0.15) is 12.8 Å². The van der Waals surface area contributed by atoms with Crippen molar-refractivity contribution in [3.8, 4) is 5.88 Å². The predicted molar refractivity (Wildman–Crippen MR) is 75.2 cm³/mol. The Kier molecular flexibility index (Phi) is 5.68. The molecule has 5 N–H and O–H groups in total. The Labute approximate surface area is 122 Å². The fourth-order valence-electron chi connectivity index (χ4n) is 1.74. The zero-order valence-electron chi connectivity index (χ0n) is 12.3. The number of carbonyl (C=O) groups excluding carboxylic acids is 2. The lowest BCUT2D eigenvalue weighted by molar-refractivity contribution is -0.145. The maximum absolute atomic E-state index is 11.8. The van der Waals surface area contributed by atoms with Gasteiger partial charge in [-0.25, -0.2) is 4.79 Å². The van der Waals surface area contributed by atoms with E-state index in [9.17, 15) is 14.7 Å². The van der Waals surface area contributed by atoms with Crippen LogP contribution in [0.3, 0.4) is 0 Å². The fourth-order valence-corrected chi connectivity index (χ4v) is 1.74. The topological polar surface area (TPSA) is 137 Å². The zero-order valence-corrected chi connectivity index (χ0v) is 12.3. The first kappa shape index (κ1) is 16.9. The molecule has 21 heavy (non-hydrogen) atoms. The van der Waals surface area contributed by atoms with Crippen molar-refractivity contribution in [3.63, 3.8) is 0 Å². The Hall–Kier alpha value is -2.13. The highest BCUT2D eigenvalue weighted by atomic mass is 16.6. The summed E-state index contributed by atoms with van der Waals surface area (Å²) in [6, 6.07) is -0.362. The number of aromatic nitrogens is 2. The van der Waals surface area contributed by atoms with Crippen LogP contribution < -0.4 is 16.2 Å². The molecule has 9 heteroatoms. The van der Waals surface area contributed by atoms with Gasteiger partial charge in [0.25, 0.3) is 0 Å². The van der Waals surface area contributed by atoms with Crippen molar-refractivity contribution >= 4 is 17.8 Å². The minimum atomic E-state index is -1.39. The van der Waals surface area contributed by atoms with Crippen molar-refractivity contribution in [3.05, 3.63) is 6.20 Å². The molecule has 0 radical (unpaired) electrons. The average Bonchev–Trinajstić information content (AvgIpc) is 2.66. The largest absolute Gasteiger partial charge is 0.404 e. The Morgan fingerprint density at radius 2 is 2.14 bits per heavy atom. The number of nitrogens with two attached hydrogens (primary N) is 2. The van der Waals surface area contributed by atoms with Gasteiger partial charge in [-0.15, -0.1) is 0 Å². The van der Waals surface area contributed by atoms with Gasteiger partial charge in [0.1, 0.15) is 0 Å². The van der Waals surface area contributed by atoms with E-state index in [1.165, 1.54) is 10.8 Å². The molecule has 2 atom stereocenters. The van der Waals surface area contributed by atoms with Crippen molar-refractivity contribution in [2.24, 2.45) is 12.8 Å². The van der Waals surface area contributed by atoms with Gasteiger partial charge in [0.05, 0.1) is 6.20 Å². The van der Waals surface area contributed by atoms with Gasteiger partial charge in [-0.2, -0.15) is 4.98 Å². The Morgan fingerprint density at radius 3 is 2.57 bits per heavy atom. The molecule has 0 aromatic carbocycles. The van der Waals surface area contributed by atoms with Crippen LogP contribution in [0.15, 0.2) is 6.20 Å². The van der Waals surface area contributed by atoms with Crippen LogP contribution in [0.25, 0.3) is 0 Å². The van der Waals surface area contributed by atoms with E-state index in [1.54, 1.807) is 26.0 Å². The summed E-state index contributed by atoms with van der Waals surface area (Å²) < 4.78 is 6.40. The van der Waals surface area contributed by atoms with Gasteiger partial charge in [-0.1, -0.05) is 0 Å². The first-order chi connectivity index (χ1) is 9.70. The number of hydrogen-bond donors (Lipinski definition) is 3. The number of aryl methyl sites for hydroxylation is 1. The predicted octanol–water partition coefficient (Wildman–Crippen LogP) is -1.54. The first-order valence-electron chi connectivity index (χ1n) is 6.34. The van der Waals surface area contributed by atoms with Gasteiger partial charge in [0.2, 0.25) is 17.7 Å². The number of ether oxygens (including phenoxy) is 1. The molecule has 1 aromatic rings. The smallest absolute Gasteiger partial charge is 0.341 e. The second-order valence-corrected chi connectivity index (χ2v) is 5.01. The van der Waals surface area contributed by atoms with Gasteiger partial charge in [0, 0.05) is 25.9 Å². The van der Waals surface area contributed by atoms with E-state index in [-0.39, 0.29) is 30.7 Å². The molecule has 0 aliphatic carbocycles. The minimum Gasteiger partial charge on any atom is -0.404 e. The number of nitrogen functional groups attached to an aromatic ring is 1. The van der Waals surface area contributed by atoms with Crippen molar-refractivity contribution in [2.45, 2.75) is 25.0 Å². The zero-order chi connectivity index (χ0) is 16.2. The Balaban J connectivity index is 2.62. The van der Waals surface area contributed by atoms with E-state index in [1.807, 2.05) is 0 Å². The quantitative estimate of drug-likeness (QED) is 0.519. The lowest BCUT2D eigenvalue weighted by atomic mass is 10.0. The SMILES string of the molecule is CN(C)C(CC(N)=O)CC(O)C(=O)Oc1cn(C)c(N)n1. The van der Waals surface area contributed by atoms with Gasteiger partial charge < -0.3 is 30.8 Å². The van der Waals surface area contributed by atoms with E-state index < -0.39 is 18.0 Å². The van der Waals surface area contributed by atoms with Crippen LogP contribution in [0.4, 0.5) is 5.95 Å². The summed E-state index contributed by atoms with van der Waals surface area (Å²) in [6.45, 7) is 0. The Morgan fingerprint density at radius 1 is 1.52 bits per heavy atom. The number of primary amides is 1. The highest BCUT2D eigenvalue weighted by molar-refractivity contribution is 5.77. The molecule has 0 saturated heterocycles. The van der Waals surface area contributed by atoms with Gasteiger partial charge >= 0.3 is 5.97 Å². The summed E-state index contributed by atoms with van der Waals surface area (Å²) in [5.74, 6) is -1.17. The van der Waals surface area contributed by atoms with E-state index in [0.29, 0.717) is 0 Å². The van der Waals surface area contributed by atoms with E-state index >= 15 is 0 Å². The van der Waals surface area contributed by atoms with Crippen LogP contribution in [-0.2, 0) is 16.6 Å². The van der Waals surface area contributed by atoms with Gasteiger partial charge in [-0.05, 0) is 14.1 Å². The van der Waals surface area contributed by atoms with Crippen LogP contribution in [0.2, 0.25) is 0 Å². The van der Waals surface area contributed by atoms with Crippen molar-refractivity contribution < 1.29 is 19.4 Å². The molecule has 0 aliphatic rings. The average molecular weight is 299 g/mol. The number of aliphatic hydroxyl groups is 1. The molecular formula is C12H21N5O4. The number of hydrogen-bond acceptors (Lipinski definition) is 7. The molecule has 0 fully saturated rings. The number of rotatable bonds is 7. The molecule has 0 aliphatic heterocycles. The Bertz CT molecular complexity index is 494. The van der Waals surface area contributed by atoms with E-state index in [2.05, 4.69) is 4.98 Å². The molecule has 2 unspecified atom stereocenters. The standard InChI is InChI=1S/C12H21N5O4/c1-16(2)7(5-9(13)19)4-8(18)11(20)21-10-6-17(3)12(14)15-10/h6-8,18H,4-5H2,1-3H3,(H2,13,19)(H2,14,15). The molecule has 1 amide bonds. The number of amides is 1. The monoisotopic (exact) mass is 299 g/mol. The van der Waals surface area contributed by atoms with Crippen molar-refractivity contribution in [1.82, 2.24) is 14.5 Å². The molecular weight excluding hydrogens is 278 g/mol. The third kappa shape index (κ3) is 5.04. The van der Waals surface area contributed by atoms with Crippen molar-refractivity contribution in [2.75, 3.05) is 19.8 Å². The van der Waals surface area contributed by atoms with Gasteiger partial charge in [0.15, 0.2) is 6.10 Å². The summed E-state index contributed by atoms with van der Waals surface area (Å²) in [5, 5.41) is 9.87. The summed E-state index contributed by atoms with van der Waals surface area (Å²) in [6.07, 6.45) is 0.0950. The van der Waals surface area contributed by atoms with Crippen LogP contribution in [0.5, 0.6) is 5.88 Å². The highest BCUT2D eigenvalue weighted by Crippen LogP contribution is 2.14. The van der Waals surface area contributed by atoms with Crippen LogP contribution in [0, 0.1) is 0 Å². The summed E-state index contributed by atoms with van der Waals surface area (Å²) in [5.41, 5.74) is 10.6. The molecule has 0 saturated carbocycles. The molecule has 0 bridgehead atoms. The third-order valence-electron chi connectivity index (χ3n) is 3.03. The maximum atomic E-state index is 11.8. The lowest BCUT2D eigenvalue weighted by Gasteiger charge is -2.24. The summed E-state index contributed by atoms with van der Waals surface area (Å²) in [4.78, 5) is 28.3. The number of imidazole rings is 1. The molecule has 1 heterocycles. The number of aliphatic hydroxyl groups excluding tert-OH is 1. The molecule has 118 valence electrons. The second-order valence-electron chi connectivity index (χ2n) is 5.01. The minimum absolute atomic E-state index is 0.00959. The van der Waals surface area contributed by atoms with Crippen molar-refractivity contribution in [1.29, 1.82) is 0 Å². The molecule has 9 nitrogen and oxygen atoms in total. The summed E-state index contributed by atoms with van der Waals surface area (Å²) >= 11 is 0. The van der Waals surface area contributed by atoms with E-state index in [4.69, 9.17) is 16.2 Å². The molecule has 0 spiro atoms. The number of esters is 1. The number of anilines is 1. The second kappa shape index (κ2) is 7.04. The summed E-state index contributed by atoms with van der Waals surface area (Å²) in [7, 11) is 5.10. The fraction of sp³-hybridized carbons (Fsp3) is 0.583. The normalized spacial score (nSPS) is 14.0. The van der Waals surface area contributed by atoms with Crippen LogP contribution >= 0.6 is 0 Å². The molecule has 1 aromatic heterocycles.